The molecule has 3 aliphatic rings. The Morgan fingerprint density at radius 3 is 2.33 bits per heavy atom. The van der Waals surface area contributed by atoms with Crippen molar-refractivity contribution in [1.29, 1.82) is 0 Å². The fourth-order valence-electron chi connectivity index (χ4n) is 9.41. The van der Waals surface area contributed by atoms with Crippen LogP contribution in [0, 0.1) is 27.9 Å². The molecule has 0 bridgehead atoms. The molecule has 2 aliphatic carbocycles. The minimum atomic E-state index is -1.65. The van der Waals surface area contributed by atoms with Crippen LogP contribution in [0.2, 0.25) is 0 Å². The van der Waals surface area contributed by atoms with Gasteiger partial charge in [-0.05, 0) is 112 Å². The SMILES string of the molecule is C=CCO[C@@]12Oc3ccc(Oc4ccc(OC)c(C=O)c4)cc3[C@H]3[C@H](CCCCO)[C@@H](CCCCO)C=C(C(=NOC(C)(C)C)C[C@@H]1N(CCOCCO)C(=O)Oc1ccc([N+](=O)[O-])cc1)[C@H]32. The molecular weight excluding hydrogens is 867 g/mol. The van der Waals surface area contributed by atoms with Gasteiger partial charge in [-0.25, -0.2) is 4.79 Å². The van der Waals surface area contributed by atoms with Gasteiger partial charge in [0.05, 0.1) is 55.7 Å². The largest absolute Gasteiger partial charge is 0.496 e. The van der Waals surface area contributed by atoms with E-state index in [-0.39, 0.29) is 75.9 Å². The lowest BCUT2D eigenvalue weighted by Gasteiger charge is -2.59. The van der Waals surface area contributed by atoms with E-state index in [1.807, 2.05) is 26.8 Å². The average Bonchev–Trinajstić information content (AvgIpc) is 3.31. The first-order chi connectivity index (χ1) is 32.3. The number of nitro benzene ring substituents is 1. The summed E-state index contributed by atoms with van der Waals surface area (Å²) in [5, 5.41) is 45.9. The Bertz CT molecular complexity index is 2240. The number of unbranched alkanes of at least 4 members (excludes halogenated alkanes) is 2. The van der Waals surface area contributed by atoms with E-state index in [9.17, 15) is 35.0 Å². The number of nitro groups is 1. The van der Waals surface area contributed by atoms with Crippen LogP contribution in [0.5, 0.6) is 28.7 Å². The quantitative estimate of drug-likeness (QED) is 0.0254. The Balaban J connectivity index is 1.59. The van der Waals surface area contributed by atoms with Crippen molar-refractivity contribution in [2.24, 2.45) is 22.9 Å². The van der Waals surface area contributed by atoms with Crippen LogP contribution in [0.15, 0.2) is 90.1 Å². The van der Waals surface area contributed by atoms with E-state index in [0.29, 0.717) is 66.2 Å². The fourth-order valence-corrected chi connectivity index (χ4v) is 9.41. The number of hydrogen-bond donors (Lipinski definition) is 3. The second kappa shape index (κ2) is 23.2. The Labute approximate surface area is 391 Å². The number of carbonyl (C=O) groups is 2. The summed E-state index contributed by atoms with van der Waals surface area (Å²) in [5.41, 5.74) is 1.60. The molecule has 362 valence electrons. The highest BCUT2D eigenvalue weighted by Gasteiger charge is 2.65. The molecule has 0 aromatic heterocycles. The molecule has 1 amide bonds. The zero-order valence-corrected chi connectivity index (χ0v) is 38.7. The molecule has 1 heterocycles. The number of amides is 1. The second-order valence-corrected chi connectivity index (χ2v) is 17.7. The van der Waals surface area contributed by atoms with Crippen molar-refractivity contribution in [2.45, 2.75) is 89.1 Å². The van der Waals surface area contributed by atoms with Gasteiger partial charge in [0.25, 0.3) is 5.69 Å². The van der Waals surface area contributed by atoms with Crippen molar-refractivity contribution in [3.63, 3.8) is 0 Å². The third-order valence-corrected chi connectivity index (χ3v) is 12.2. The number of carbonyl (C=O) groups excluding carboxylic acids is 2. The van der Waals surface area contributed by atoms with Crippen LogP contribution in [0.25, 0.3) is 0 Å². The summed E-state index contributed by atoms with van der Waals surface area (Å²) in [5.74, 6) is -1.03. The summed E-state index contributed by atoms with van der Waals surface area (Å²) in [6.45, 7) is 9.38. The minimum Gasteiger partial charge on any atom is -0.496 e. The van der Waals surface area contributed by atoms with Gasteiger partial charge in [0, 0.05) is 49.8 Å². The van der Waals surface area contributed by atoms with Crippen molar-refractivity contribution in [3.05, 3.63) is 106 Å². The highest BCUT2D eigenvalue weighted by Crippen LogP contribution is 2.62. The molecule has 6 atom stereocenters. The van der Waals surface area contributed by atoms with Crippen LogP contribution >= 0.6 is 0 Å². The molecule has 3 aromatic carbocycles. The normalized spacial score (nSPS) is 22.3. The van der Waals surface area contributed by atoms with E-state index in [2.05, 4.69) is 12.7 Å². The zero-order chi connectivity index (χ0) is 48.1. The highest BCUT2D eigenvalue weighted by molar-refractivity contribution is 6.03. The summed E-state index contributed by atoms with van der Waals surface area (Å²) in [6, 6.07) is 14.7. The summed E-state index contributed by atoms with van der Waals surface area (Å²) in [4.78, 5) is 45.4. The molecule has 0 unspecified atom stereocenters. The number of methoxy groups -OCH3 is 1. The number of allylic oxidation sites excluding steroid dienone is 1. The number of non-ortho nitro benzene ring substituents is 1. The third-order valence-electron chi connectivity index (χ3n) is 12.2. The topological polar surface area (TPSA) is 218 Å². The standard InChI is InChI=1S/C50H63N3O14/c1-6-25-63-50-45(52(21-26-62-27-24-56)48(58)65-36-15-13-35(14-16-36)53(59)60)31-42(51-67-49(2,3)4)40-29-33(11-7-9-22-54)39(12-8-10-23-55)46(47(40)50)41-30-38(18-20-44(41)66-50)64-37-17-19-43(61-5)34(28-37)32-57/h6,13-20,28-30,32-33,39,45-47,54-56H,1,7-12,21-27,31H2,2-5H3/t33-,39+,45-,46+,47+,50+/m0/s1. The molecule has 0 saturated heterocycles. The number of rotatable bonds is 24. The Morgan fingerprint density at radius 2 is 1.67 bits per heavy atom. The van der Waals surface area contributed by atoms with Crippen LogP contribution in [0.3, 0.4) is 0 Å². The fraction of sp³-hybridized carbons (Fsp3) is 0.500. The van der Waals surface area contributed by atoms with E-state index < -0.39 is 40.3 Å². The summed E-state index contributed by atoms with van der Waals surface area (Å²) < 4.78 is 37.9. The number of aliphatic hydroxyl groups excluding tert-OH is 3. The van der Waals surface area contributed by atoms with Gasteiger partial charge in [0.1, 0.15) is 40.4 Å². The first-order valence-corrected chi connectivity index (χ1v) is 22.8. The van der Waals surface area contributed by atoms with Gasteiger partial charge in [-0.2, -0.15) is 0 Å². The number of aldehydes is 1. The Kier molecular flexibility index (Phi) is 17.5. The molecule has 67 heavy (non-hydrogen) atoms. The Hall–Kier alpha value is -5.85. The van der Waals surface area contributed by atoms with Crippen LogP contribution in [0.4, 0.5) is 10.5 Å². The molecule has 3 aromatic rings. The van der Waals surface area contributed by atoms with Gasteiger partial charge in [-0.15, -0.1) is 6.58 Å². The number of aliphatic hydroxyl groups is 3. The molecule has 0 radical (unpaired) electrons. The first-order valence-electron chi connectivity index (χ1n) is 22.8. The molecule has 1 aliphatic heterocycles. The smallest absolute Gasteiger partial charge is 0.415 e. The monoisotopic (exact) mass is 929 g/mol. The molecule has 1 fully saturated rings. The summed E-state index contributed by atoms with van der Waals surface area (Å²) in [7, 11) is 1.49. The maximum Gasteiger partial charge on any atom is 0.415 e. The predicted molar refractivity (Wildman–Crippen MR) is 248 cm³/mol. The zero-order valence-electron chi connectivity index (χ0n) is 38.7. The average molecular weight is 930 g/mol. The van der Waals surface area contributed by atoms with E-state index in [1.54, 1.807) is 36.4 Å². The number of ether oxygens (including phenoxy) is 6. The van der Waals surface area contributed by atoms with Gasteiger partial charge in [0.2, 0.25) is 5.79 Å². The van der Waals surface area contributed by atoms with Gasteiger partial charge in [-0.3, -0.25) is 19.8 Å². The first kappa shape index (κ1) is 50.6. The Morgan fingerprint density at radius 1 is 0.970 bits per heavy atom. The molecular formula is C50H63N3O14. The lowest BCUT2D eigenvalue weighted by molar-refractivity contribution is -0.384. The predicted octanol–water partition coefficient (Wildman–Crippen LogP) is 8.15. The van der Waals surface area contributed by atoms with E-state index >= 15 is 0 Å². The number of fused-ring (bicyclic) bond motifs is 2. The molecule has 6 rings (SSSR count). The maximum absolute atomic E-state index is 14.8. The highest BCUT2D eigenvalue weighted by atomic mass is 16.7. The molecule has 0 spiro atoms. The van der Waals surface area contributed by atoms with Gasteiger partial charge in [0.15, 0.2) is 6.29 Å². The number of benzene rings is 3. The molecule has 3 N–H and O–H groups in total. The van der Waals surface area contributed by atoms with E-state index in [4.69, 9.17) is 38.4 Å². The van der Waals surface area contributed by atoms with Crippen molar-refractivity contribution in [3.8, 4) is 28.7 Å². The van der Waals surface area contributed by atoms with Crippen molar-refractivity contribution in [2.75, 3.05) is 53.3 Å². The van der Waals surface area contributed by atoms with Crippen LogP contribution in [0.1, 0.15) is 87.6 Å². The lowest BCUT2D eigenvalue weighted by Crippen LogP contribution is -2.70. The maximum atomic E-state index is 14.8. The van der Waals surface area contributed by atoms with Crippen molar-refractivity contribution < 1.29 is 63.1 Å². The van der Waals surface area contributed by atoms with Gasteiger partial charge in [-0.1, -0.05) is 30.1 Å². The van der Waals surface area contributed by atoms with E-state index in [1.165, 1.54) is 36.3 Å². The summed E-state index contributed by atoms with van der Waals surface area (Å²) >= 11 is 0. The molecule has 17 nitrogen and oxygen atoms in total. The van der Waals surface area contributed by atoms with Crippen LogP contribution in [-0.2, 0) is 14.3 Å². The summed E-state index contributed by atoms with van der Waals surface area (Å²) in [6.07, 6.45) is 7.81. The van der Waals surface area contributed by atoms with E-state index in [0.717, 1.165) is 24.0 Å². The number of hydrogen-bond acceptors (Lipinski definition) is 15. The van der Waals surface area contributed by atoms with Crippen LogP contribution < -0.4 is 18.9 Å². The van der Waals surface area contributed by atoms with Gasteiger partial charge >= 0.3 is 6.09 Å². The molecule has 1 saturated carbocycles. The van der Waals surface area contributed by atoms with Crippen molar-refractivity contribution in [1.82, 2.24) is 4.90 Å². The number of nitrogens with zero attached hydrogens (tertiary/aromatic N) is 3. The lowest BCUT2D eigenvalue weighted by atomic mass is 9.55. The third kappa shape index (κ3) is 12.0. The van der Waals surface area contributed by atoms with Gasteiger partial charge < -0.3 is 48.6 Å². The minimum absolute atomic E-state index is 0.00613. The number of oxime groups is 1. The van der Waals surface area contributed by atoms with Crippen molar-refractivity contribution >= 4 is 23.8 Å². The van der Waals surface area contributed by atoms with Crippen LogP contribution in [-0.4, -0.2) is 114 Å². The molecule has 17 heteroatoms. The second-order valence-electron chi connectivity index (χ2n) is 17.7.